The van der Waals surface area contributed by atoms with E-state index in [2.05, 4.69) is 14.4 Å². The molecule has 0 amide bonds. The molecule has 0 radical (unpaired) electrons. The number of hydrogen-bond acceptors (Lipinski definition) is 7. The summed E-state index contributed by atoms with van der Waals surface area (Å²) in [6.45, 7) is 4.00. The van der Waals surface area contributed by atoms with E-state index < -0.39 is 16.5 Å². The Hall–Kier alpha value is -0.0000000000000000486. The first-order valence-corrected chi connectivity index (χ1v) is 4.62. The SMILES string of the molecule is CC.O=[P+]([O-])OOO[P+](=O)[O-]. The molecule has 0 N–H and O–H groups in total. The topological polar surface area (TPSA) is 108 Å². The van der Waals surface area contributed by atoms with Gasteiger partial charge >= 0.3 is 16.5 Å². The third-order valence-electron chi connectivity index (χ3n) is 0.183. The van der Waals surface area contributed by atoms with E-state index >= 15 is 0 Å². The Morgan fingerprint density at radius 3 is 1.45 bits per heavy atom. The molecule has 0 bridgehead atoms. The highest BCUT2D eigenvalue weighted by molar-refractivity contribution is 7.30. The van der Waals surface area contributed by atoms with Crippen LogP contribution in [0.4, 0.5) is 0 Å². The molecule has 0 aliphatic rings. The van der Waals surface area contributed by atoms with Crippen molar-refractivity contribution in [2.45, 2.75) is 13.8 Å². The second-order valence-electron chi connectivity index (χ2n) is 0.664. The monoisotopic (exact) mass is 204 g/mol. The zero-order valence-corrected chi connectivity index (χ0v) is 7.54. The summed E-state index contributed by atoms with van der Waals surface area (Å²) in [7, 11) is -6.49. The van der Waals surface area contributed by atoms with Crippen molar-refractivity contribution in [3.8, 4) is 0 Å². The Kier molecular flexibility index (Phi) is 12.3. The maximum absolute atomic E-state index is 9.39. The van der Waals surface area contributed by atoms with Crippen LogP contribution in [0.25, 0.3) is 0 Å². The zero-order valence-electron chi connectivity index (χ0n) is 5.75. The molecule has 0 saturated carbocycles. The first-order valence-electron chi connectivity index (χ1n) is 2.43. The summed E-state index contributed by atoms with van der Waals surface area (Å²) in [5, 5.41) is 3.16. The summed E-state index contributed by atoms with van der Waals surface area (Å²) >= 11 is 0. The maximum Gasteiger partial charge on any atom is 0.525 e. The van der Waals surface area contributed by atoms with Crippen molar-refractivity contribution < 1.29 is 33.3 Å². The molecule has 0 aliphatic heterocycles. The summed E-state index contributed by atoms with van der Waals surface area (Å²) in [5.41, 5.74) is 0. The van der Waals surface area contributed by atoms with Crippen LogP contribution in [0.2, 0.25) is 0 Å². The van der Waals surface area contributed by atoms with Gasteiger partial charge in [-0.3, -0.25) is 0 Å². The molecule has 0 rings (SSSR count). The average molecular weight is 204 g/mol. The van der Waals surface area contributed by atoms with Gasteiger partial charge in [-0.05, 0) is 9.13 Å². The van der Waals surface area contributed by atoms with Crippen molar-refractivity contribution in [3.63, 3.8) is 0 Å². The summed E-state index contributed by atoms with van der Waals surface area (Å²) in [5.74, 6) is 0. The van der Waals surface area contributed by atoms with E-state index in [4.69, 9.17) is 0 Å². The van der Waals surface area contributed by atoms with Crippen LogP contribution in [-0.2, 0) is 23.5 Å². The minimum atomic E-state index is -3.25. The quantitative estimate of drug-likeness (QED) is 0.358. The summed E-state index contributed by atoms with van der Waals surface area (Å²) in [6.07, 6.45) is 0. The highest BCUT2D eigenvalue weighted by Gasteiger charge is 2.09. The molecule has 11 heavy (non-hydrogen) atoms. The second kappa shape index (κ2) is 10.0. The van der Waals surface area contributed by atoms with Gasteiger partial charge in [0.1, 0.15) is 0 Å². The molecule has 2 atom stereocenters. The summed E-state index contributed by atoms with van der Waals surface area (Å²) in [6, 6.07) is 0. The Balaban J connectivity index is 0. The van der Waals surface area contributed by atoms with Crippen LogP contribution in [0.15, 0.2) is 0 Å². The van der Waals surface area contributed by atoms with Gasteiger partial charge in [0.15, 0.2) is 0 Å². The van der Waals surface area contributed by atoms with Crippen molar-refractivity contribution in [1.29, 1.82) is 0 Å². The van der Waals surface area contributed by atoms with E-state index in [1.165, 1.54) is 0 Å². The van der Waals surface area contributed by atoms with Gasteiger partial charge in [0.05, 0.1) is 9.35 Å². The lowest BCUT2D eigenvalue weighted by Crippen LogP contribution is -1.95. The van der Waals surface area contributed by atoms with E-state index in [1.807, 2.05) is 13.8 Å². The van der Waals surface area contributed by atoms with E-state index in [-0.39, 0.29) is 0 Å². The molecule has 7 nitrogen and oxygen atoms in total. The van der Waals surface area contributed by atoms with Crippen LogP contribution in [0.1, 0.15) is 13.8 Å². The van der Waals surface area contributed by atoms with Crippen molar-refractivity contribution >= 4 is 16.5 Å². The van der Waals surface area contributed by atoms with Crippen LogP contribution >= 0.6 is 16.5 Å². The van der Waals surface area contributed by atoms with Gasteiger partial charge in [-0.1, -0.05) is 13.8 Å². The highest BCUT2D eigenvalue weighted by atomic mass is 31.1. The molecule has 0 spiro atoms. The molecular formula is C2H6O7P2. The standard InChI is InChI=1S/C2H6.O7P2/c1-2;1-8(2)6-5-7-9(3)4/h1-2H3;. The predicted molar refractivity (Wildman–Crippen MR) is 29.8 cm³/mol. The molecule has 0 fully saturated rings. The van der Waals surface area contributed by atoms with Gasteiger partial charge in [-0.25, -0.2) is 0 Å². The molecule has 0 aromatic rings. The van der Waals surface area contributed by atoms with Gasteiger partial charge in [-0.2, -0.15) is 0 Å². The lowest BCUT2D eigenvalue weighted by molar-refractivity contribution is -0.440. The Labute approximate surface area is 64.7 Å². The van der Waals surface area contributed by atoms with E-state index in [0.29, 0.717) is 0 Å². The van der Waals surface area contributed by atoms with Crippen LogP contribution < -0.4 is 9.79 Å². The van der Waals surface area contributed by atoms with E-state index in [1.54, 1.807) is 0 Å². The fourth-order valence-electron chi connectivity index (χ4n) is 0.0633. The number of hydrogen-bond donors (Lipinski definition) is 0. The Morgan fingerprint density at radius 1 is 1.00 bits per heavy atom. The van der Waals surface area contributed by atoms with Crippen molar-refractivity contribution in [2.75, 3.05) is 0 Å². The van der Waals surface area contributed by atoms with Crippen LogP contribution in [0.3, 0.4) is 0 Å². The molecule has 9 heteroatoms. The third-order valence-corrected chi connectivity index (χ3v) is 0.548. The lowest BCUT2D eigenvalue weighted by Gasteiger charge is -1.82. The molecule has 2 unspecified atom stereocenters. The third kappa shape index (κ3) is 17.8. The Bertz CT molecular complexity index is 110. The van der Waals surface area contributed by atoms with Crippen molar-refractivity contribution in [2.24, 2.45) is 0 Å². The van der Waals surface area contributed by atoms with Gasteiger partial charge in [0.25, 0.3) is 0 Å². The smallest absolute Gasteiger partial charge is 0.525 e. The average Bonchev–Trinajstić information content (AvgIpc) is 1.90. The van der Waals surface area contributed by atoms with Crippen LogP contribution in [-0.4, -0.2) is 0 Å². The van der Waals surface area contributed by atoms with Crippen molar-refractivity contribution in [3.05, 3.63) is 0 Å². The van der Waals surface area contributed by atoms with Crippen LogP contribution in [0, 0.1) is 0 Å². The maximum atomic E-state index is 9.39. The van der Waals surface area contributed by atoms with Gasteiger partial charge in [-0.15, -0.1) is 0 Å². The van der Waals surface area contributed by atoms with Gasteiger partial charge < -0.3 is 9.79 Å². The first-order chi connectivity index (χ1) is 5.13. The normalized spacial score (nSPS) is 11.3. The van der Waals surface area contributed by atoms with Gasteiger partial charge in [0.2, 0.25) is 0 Å². The highest BCUT2D eigenvalue weighted by Crippen LogP contribution is 2.15. The van der Waals surface area contributed by atoms with Crippen LogP contribution in [0.5, 0.6) is 0 Å². The molecule has 0 aliphatic carbocycles. The molecule has 0 aromatic carbocycles. The Morgan fingerprint density at radius 2 is 1.27 bits per heavy atom. The van der Waals surface area contributed by atoms with Gasteiger partial charge in [0, 0.05) is 5.04 Å². The lowest BCUT2D eigenvalue weighted by atomic mass is 11.0. The van der Waals surface area contributed by atoms with Crippen molar-refractivity contribution in [1.82, 2.24) is 0 Å². The van der Waals surface area contributed by atoms with E-state index in [0.717, 1.165) is 0 Å². The fourth-order valence-corrected chi connectivity index (χ4v) is 0.272. The predicted octanol–water partition coefficient (Wildman–Crippen LogP) is -0.0722. The molecule has 0 saturated heterocycles. The molecule has 0 heterocycles. The summed E-state index contributed by atoms with van der Waals surface area (Å²) < 4.78 is 25.2. The fraction of sp³-hybridized carbons (Fsp3) is 1.00. The molecular weight excluding hydrogens is 198 g/mol. The largest absolute Gasteiger partial charge is 0.564 e. The minimum absolute atomic E-state index is 2.00. The summed E-state index contributed by atoms with van der Waals surface area (Å²) in [4.78, 5) is 18.8. The molecule has 66 valence electrons. The first kappa shape index (κ1) is 13.6. The van der Waals surface area contributed by atoms with E-state index in [9.17, 15) is 18.9 Å². The minimum Gasteiger partial charge on any atom is -0.564 e. The number of rotatable bonds is 4. The zero-order chi connectivity index (χ0) is 9.28. The molecule has 0 aromatic heterocycles. The second-order valence-corrected chi connectivity index (χ2v) is 1.86.